The van der Waals surface area contributed by atoms with Crippen molar-refractivity contribution in [3.63, 3.8) is 0 Å². The minimum absolute atomic E-state index is 0.314. The second kappa shape index (κ2) is 4.46. The molecule has 1 N–H and O–H groups in total. The highest BCUT2D eigenvalue weighted by Crippen LogP contribution is 2.25. The van der Waals surface area contributed by atoms with Crippen LogP contribution < -0.4 is 5.32 Å². The fourth-order valence-corrected chi connectivity index (χ4v) is 1.23. The standard InChI is InChI=1S/C8H6Cl2NO2/c9-5-1-2-7(6(10)3-5)11-8(13)4-12/h1-3H,4H2,(H,11,13). The maximum atomic E-state index is 10.7. The maximum absolute atomic E-state index is 10.7. The zero-order valence-electron chi connectivity index (χ0n) is 6.51. The van der Waals surface area contributed by atoms with E-state index in [1.807, 2.05) is 0 Å². The normalized spacial score (nSPS) is 9.77. The number of halogens is 2. The number of nitrogens with one attached hydrogen (secondary N) is 1. The molecular formula is C8H6Cl2NO2. The molecule has 1 radical (unpaired) electrons. The number of hydrogen-bond acceptors (Lipinski definition) is 1. The molecule has 3 nitrogen and oxygen atoms in total. The predicted octanol–water partition coefficient (Wildman–Crippen LogP) is 2.36. The summed E-state index contributed by atoms with van der Waals surface area (Å²) in [6.45, 7) is -0.820. The van der Waals surface area contributed by atoms with Crippen LogP contribution in [0.25, 0.3) is 0 Å². The topological polar surface area (TPSA) is 49.0 Å². The first-order valence-electron chi connectivity index (χ1n) is 3.46. The lowest BCUT2D eigenvalue weighted by Gasteiger charge is -2.04. The van der Waals surface area contributed by atoms with Crippen molar-refractivity contribution in [2.75, 3.05) is 11.9 Å². The van der Waals surface area contributed by atoms with Gasteiger partial charge in [0.15, 0.2) is 6.61 Å². The molecule has 5 heteroatoms. The Hall–Kier alpha value is -0.770. The Bertz CT molecular complexity index is 328. The third kappa shape index (κ3) is 2.88. The second-order valence-corrected chi connectivity index (χ2v) is 3.16. The predicted molar refractivity (Wildman–Crippen MR) is 50.6 cm³/mol. The minimum Gasteiger partial charge on any atom is -0.323 e. The molecule has 69 valence electrons. The van der Waals surface area contributed by atoms with Crippen molar-refractivity contribution in [2.24, 2.45) is 0 Å². The lowest BCUT2D eigenvalue weighted by Crippen LogP contribution is -2.14. The summed E-state index contributed by atoms with van der Waals surface area (Å²) in [6.07, 6.45) is 0. The molecule has 0 aromatic heterocycles. The van der Waals surface area contributed by atoms with Gasteiger partial charge in [0.1, 0.15) is 0 Å². The summed E-state index contributed by atoms with van der Waals surface area (Å²) in [5.74, 6) is -0.621. The molecule has 0 spiro atoms. The monoisotopic (exact) mass is 218 g/mol. The van der Waals surface area contributed by atoms with E-state index in [0.29, 0.717) is 15.7 Å². The van der Waals surface area contributed by atoms with Crippen LogP contribution in [0.1, 0.15) is 0 Å². The van der Waals surface area contributed by atoms with E-state index in [-0.39, 0.29) is 0 Å². The van der Waals surface area contributed by atoms with Gasteiger partial charge in [-0.3, -0.25) is 4.79 Å². The van der Waals surface area contributed by atoms with Gasteiger partial charge in [-0.1, -0.05) is 23.2 Å². The first kappa shape index (κ1) is 10.3. The van der Waals surface area contributed by atoms with E-state index in [9.17, 15) is 9.90 Å². The van der Waals surface area contributed by atoms with E-state index >= 15 is 0 Å². The van der Waals surface area contributed by atoms with Gasteiger partial charge in [-0.25, -0.2) is 5.11 Å². The summed E-state index contributed by atoms with van der Waals surface area (Å²) in [5.41, 5.74) is 0.395. The van der Waals surface area contributed by atoms with Gasteiger partial charge in [-0.05, 0) is 18.2 Å². The van der Waals surface area contributed by atoms with Crippen LogP contribution in [0.5, 0.6) is 0 Å². The van der Waals surface area contributed by atoms with Crippen molar-refractivity contribution in [3.8, 4) is 0 Å². The van der Waals surface area contributed by atoms with Crippen LogP contribution in [0.15, 0.2) is 18.2 Å². The Balaban J connectivity index is 2.83. The quantitative estimate of drug-likeness (QED) is 0.815. The van der Waals surface area contributed by atoms with Gasteiger partial charge in [-0.15, -0.1) is 0 Å². The van der Waals surface area contributed by atoms with E-state index in [0.717, 1.165) is 0 Å². The average Bonchev–Trinajstić information content (AvgIpc) is 2.09. The molecule has 0 atom stereocenters. The van der Waals surface area contributed by atoms with Gasteiger partial charge >= 0.3 is 0 Å². The maximum Gasteiger partial charge on any atom is 0.253 e. The van der Waals surface area contributed by atoms with E-state index in [1.54, 1.807) is 6.07 Å². The molecule has 1 amide bonds. The van der Waals surface area contributed by atoms with E-state index in [1.165, 1.54) is 12.1 Å². The van der Waals surface area contributed by atoms with Gasteiger partial charge < -0.3 is 5.32 Å². The highest BCUT2D eigenvalue weighted by Gasteiger charge is 2.04. The second-order valence-electron chi connectivity index (χ2n) is 2.32. The van der Waals surface area contributed by atoms with Crippen LogP contribution in [0.3, 0.4) is 0 Å². The Morgan fingerprint density at radius 1 is 1.38 bits per heavy atom. The molecule has 13 heavy (non-hydrogen) atoms. The van der Waals surface area contributed by atoms with Gasteiger partial charge in [0.2, 0.25) is 0 Å². The lowest BCUT2D eigenvalue weighted by atomic mass is 10.3. The van der Waals surface area contributed by atoms with Gasteiger partial charge in [0, 0.05) is 5.02 Å². The molecule has 0 heterocycles. The minimum atomic E-state index is -0.820. The van der Waals surface area contributed by atoms with Crippen LogP contribution in [0.2, 0.25) is 10.0 Å². The first-order chi connectivity index (χ1) is 6.13. The summed E-state index contributed by atoms with van der Waals surface area (Å²) in [7, 11) is 0. The Labute approximate surface area is 85.3 Å². The molecule has 0 aliphatic carbocycles. The SMILES string of the molecule is [O]CC(=O)Nc1ccc(Cl)cc1Cl. The highest BCUT2D eigenvalue weighted by molar-refractivity contribution is 6.36. The first-order valence-corrected chi connectivity index (χ1v) is 4.22. The third-order valence-electron chi connectivity index (χ3n) is 1.34. The van der Waals surface area contributed by atoms with Crippen LogP contribution in [0, 0.1) is 0 Å². The van der Waals surface area contributed by atoms with Gasteiger partial charge in [-0.2, -0.15) is 0 Å². The zero-order chi connectivity index (χ0) is 9.84. The Morgan fingerprint density at radius 3 is 2.62 bits per heavy atom. The highest BCUT2D eigenvalue weighted by atomic mass is 35.5. The number of anilines is 1. The molecule has 0 saturated heterocycles. The molecule has 0 aliphatic heterocycles. The number of carbonyl (C=O) groups excluding carboxylic acids is 1. The summed E-state index contributed by atoms with van der Waals surface area (Å²) in [4.78, 5) is 10.7. The van der Waals surface area contributed by atoms with Crippen LogP contribution in [-0.4, -0.2) is 12.5 Å². The molecular weight excluding hydrogens is 213 g/mol. The van der Waals surface area contributed by atoms with Crippen molar-refractivity contribution in [1.82, 2.24) is 0 Å². The van der Waals surface area contributed by atoms with E-state index in [4.69, 9.17) is 23.2 Å². The van der Waals surface area contributed by atoms with Crippen LogP contribution in [-0.2, 0) is 9.90 Å². The van der Waals surface area contributed by atoms with Crippen molar-refractivity contribution in [1.29, 1.82) is 0 Å². The van der Waals surface area contributed by atoms with E-state index in [2.05, 4.69) is 5.32 Å². The van der Waals surface area contributed by atoms with Crippen LogP contribution >= 0.6 is 23.2 Å². The largest absolute Gasteiger partial charge is 0.323 e. The average molecular weight is 219 g/mol. The molecule has 1 aromatic carbocycles. The summed E-state index contributed by atoms with van der Waals surface area (Å²) in [6, 6.07) is 4.61. The van der Waals surface area contributed by atoms with Crippen molar-refractivity contribution < 1.29 is 9.90 Å². The molecule has 0 aliphatic rings. The molecule has 0 fully saturated rings. The van der Waals surface area contributed by atoms with Gasteiger partial charge in [0.05, 0.1) is 10.7 Å². The zero-order valence-corrected chi connectivity index (χ0v) is 8.02. The number of benzene rings is 1. The molecule has 0 unspecified atom stereocenters. The summed E-state index contributed by atoms with van der Waals surface area (Å²) < 4.78 is 0. The van der Waals surface area contributed by atoms with Gasteiger partial charge in [0.25, 0.3) is 5.91 Å². The van der Waals surface area contributed by atoms with Crippen molar-refractivity contribution in [2.45, 2.75) is 0 Å². The number of hydrogen-bond donors (Lipinski definition) is 1. The molecule has 0 saturated carbocycles. The smallest absolute Gasteiger partial charge is 0.253 e. The number of amides is 1. The molecule has 1 aromatic rings. The Kier molecular flexibility index (Phi) is 3.54. The Morgan fingerprint density at radius 2 is 2.08 bits per heavy atom. The number of carbonyl (C=O) groups is 1. The molecule has 1 rings (SSSR count). The van der Waals surface area contributed by atoms with E-state index < -0.39 is 12.5 Å². The third-order valence-corrected chi connectivity index (χ3v) is 1.88. The fourth-order valence-electron chi connectivity index (χ4n) is 0.777. The fraction of sp³-hybridized carbons (Fsp3) is 0.125. The number of rotatable bonds is 2. The van der Waals surface area contributed by atoms with Crippen LogP contribution in [0.4, 0.5) is 5.69 Å². The summed E-state index contributed by atoms with van der Waals surface area (Å²) >= 11 is 11.4. The summed E-state index contributed by atoms with van der Waals surface area (Å²) in [5, 5.41) is 13.3. The van der Waals surface area contributed by atoms with Crippen molar-refractivity contribution in [3.05, 3.63) is 28.2 Å². The molecule has 0 bridgehead atoms. The van der Waals surface area contributed by atoms with Crippen molar-refractivity contribution >= 4 is 34.8 Å². The lowest BCUT2D eigenvalue weighted by molar-refractivity contribution is -0.120.